The number of benzene rings is 1. The summed E-state index contributed by atoms with van der Waals surface area (Å²) < 4.78 is 0.970. The summed E-state index contributed by atoms with van der Waals surface area (Å²) in [7, 11) is 0. The predicted octanol–water partition coefficient (Wildman–Crippen LogP) is 3.24. The number of rotatable bonds is 4. The molecular formula is C19H24BrN3O3. The minimum atomic E-state index is -0.701. The first-order valence-corrected chi connectivity index (χ1v) is 9.83. The molecular weight excluding hydrogens is 398 g/mol. The summed E-state index contributed by atoms with van der Waals surface area (Å²) in [5, 5.41) is 0. The van der Waals surface area contributed by atoms with Crippen LogP contribution in [-0.2, 0) is 9.59 Å². The monoisotopic (exact) mass is 421 g/mol. The molecule has 26 heavy (non-hydrogen) atoms. The van der Waals surface area contributed by atoms with Crippen molar-refractivity contribution in [2.75, 3.05) is 24.5 Å². The number of anilines is 1. The summed E-state index contributed by atoms with van der Waals surface area (Å²) in [4.78, 5) is 42.7. The Labute approximate surface area is 162 Å². The number of imide groups is 1. The van der Waals surface area contributed by atoms with Crippen molar-refractivity contribution >= 4 is 39.5 Å². The number of aryl methyl sites for hydroxylation is 2. The Morgan fingerprint density at radius 3 is 2.42 bits per heavy atom. The zero-order valence-electron chi connectivity index (χ0n) is 15.4. The Kier molecular flexibility index (Phi) is 5.37. The van der Waals surface area contributed by atoms with E-state index in [2.05, 4.69) is 15.9 Å². The lowest BCUT2D eigenvalue weighted by molar-refractivity contribution is -0.134. The Morgan fingerprint density at radius 1 is 1.15 bits per heavy atom. The van der Waals surface area contributed by atoms with Gasteiger partial charge >= 0.3 is 6.03 Å². The molecule has 6 nitrogen and oxygen atoms in total. The molecule has 4 amide bonds. The summed E-state index contributed by atoms with van der Waals surface area (Å²) >= 11 is 3.48. The Hall–Kier alpha value is -1.89. The van der Waals surface area contributed by atoms with Crippen molar-refractivity contribution in [3.63, 3.8) is 0 Å². The predicted molar refractivity (Wildman–Crippen MR) is 103 cm³/mol. The van der Waals surface area contributed by atoms with Crippen LogP contribution in [0, 0.1) is 13.8 Å². The SMILES string of the molecule is CCCN1CC(=O)N([C@H]2CCCN(c3c(C)cc(Br)cc3C)C2=O)C1=O. The van der Waals surface area contributed by atoms with Crippen LogP contribution >= 0.6 is 15.9 Å². The normalized spacial score (nSPS) is 21.2. The quantitative estimate of drug-likeness (QED) is 0.700. The second-order valence-electron chi connectivity index (χ2n) is 7.00. The van der Waals surface area contributed by atoms with Gasteiger partial charge in [0.15, 0.2) is 0 Å². The molecule has 0 N–H and O–H groups in total. The third-order valence-corrected chi connectivity index (χ3v) is 5.47. The van der Waals surface area contributed by atoms with E-state index in [9.17, 15) is 14.4 Å². The van der Waals surface area contributed by atoms with E-state index in [1.165, 1.54) is 9.80 Å². The van der Waals surface area contributed by atoms with Gasteiger partial charge < -0.3 is 9.80 Å². The maximum absolute atomic E-state index is 13.2. The van der Waals surface area contributed by atoms with Crippen molar-refractivity contribution in [1.82, 2.24) is 9.80 Å². The maximum atomic E-state index is 13.2. The van der Waals surface area contributed by atoms with Crippen LogP contribution in [0.5, 0.6) is 0 Å². The zero-order valence-corrected chi connectivity index (χ0v) is 17.0. The molecule has 0 saturated carbocycles. The number of hydrogen-bond donors (Lipinski definition) is 0. The van der Waals surface area contributed by atoms with Gasteiger partial charge in [0.1, 0.15) is 12.6 Å². The fourth-order valence-corrected chi connectivity index (χ4v) is 4.65. The van der Waals surface area contributed by atoms with Crippen LogP contribution < -0.4 is 4.90 Å². The van der Waals surface area contributed by atoms with Gasteiger partial charge in [-0.3, -0.25) is 9.59 Å². The highest BCUT2D eigenvalue weighted by Gasteiger charge is 2.45. The van der Waals surface area contributed by atoms with Crippen molar-refractivity contribution in [2.45, 2.75) is 46.1 Å². The van der Waals surface area contributed by atoms with Gasteiger partial charge in [-0.05, 0) is 56.4 Å². The lowest BCUT2D eigenvalue weighted by atomic mass is 9.99. The number of urea groups is 1. The van der Waals surface area contributed by atoms with Gasteiger partial charge in [-0.1, -0.05) is 22.9 Å². The van der Waals surface area contributed by atoms with E-state index in [1.807, 2.05) is 32.9 Å². The largest absolute Gasteiger partial charge is 0.327 e. The smallest absolute Gasteiger partial charge is 0.315 e. The molecule has 1 aromatic rings. The van der Waals surface area contributed by atoms with Gasteiger partial charge in [0.2, 0.25) is 5.91 Å². The van der Waals surface area contributed by atoms with Gasteiger partial charge in [-0.2, -0.15) is 0 Å². The Morgan fingerprint density at radius 2 is 1.81 bits per heavy atom. The van der Waals surface area contributed by atoms with E-state index in [1.54, 1.807) is 4.90 Å². The standard InChI is InChI=1S/C19H24BrN3O3/c1-4-7-21-11-16(24)23(19(21)26)15-6-5-8-22(18(15)25)17-12(2)9-14(20)10-13(17)3/h9-10,15H,4-8,11H2,1-3H3/t15-/m0/s1. The molecule has 2 heterocycles. The first kappa shape index (κ1) is 18.9. The maximum Gasteiger partial charge on any atom is 0.327 e. The molecule has 1 atom stereocenters. The van der Waals surface area contributed by atoms with Gasteiger partial charge in [0, 0.05) is 23.2 Å². The minimum Gasteiger partial charge on any atom is -0.315 e. The molecule has 0 bridgehead atoms. The van der Waals surface area contributed by atoms with Gasteiger partial charge in [-0.15, -0.1) is 0 Å². The van der Waals surface area contributed by atoms with Crippen LogP contribution in [0.2, 0.25) is 0 Å². The summed E-state index contributed by atoms with van der Waals surface area (Å²) in [6, 6.07) is 2.93. The molecule has 3 rings (SSSR count). The van der Waals surface area contributed by atoms with Gasteiger partial charge in [0.05, 0.1) is 0 Å². The average Bonchev–Trinajstić information content (AvgIpc) is 2.83. The molecule has 2 fully saturated rings. The summed E-state index contributed by atoms with van der Waals surface area (Å²) in [6.45, 7) is 7.13. The lowest BCUT2D eigenvalue weighted by Crippen LogP contribution is -2.55. The van der Waals surface area contributed by atoms with Crippen LogP contribution in [0.3, 0.4) is 0 Å². The first-order chi connectivity index (χ1) is 12.3. The van der Waals surface area contributed by atoms with E-state index in [0.717, 1.165) is 34.1 Å². The van der Waals surface area contributed by atoms with Crippen molar-refractivity contribution in [3.05, 3.63) is 27.7 Å². The van der Waals surface area contributed by atoms with Crippen LogP contribution in [-0.4, -0.2) is 53.3 Å². The third-order valence-electron chi connectivity index (χ3n) is 5.01. The fourth-order valence-electron chi connectivity index (χ4n) is 3.96. The van der Waals surface area contributed by atoms with Crippen molar-refractivity contribution in [2.24, 2.45) is 0 Å². The molecule has 0 unspecified atom stereocenters. The van der Waals surface area contributed by atoms with Gasteiger partial charge in [0.25, 0.3) is 5.91 Å². The van der Waals surface area contributed by atoms with Gasteiger partial charge in [-0.25, -0.2) is 9.69 Å². The summed E-state index contributed by atoms with van der Waals surface area (Å²) in [5.74, 6) is -0.433. The molecule has 7 heteroatoms. The van der Waals surface area contributed by atoms with E-state index in [0.29, 0.717) is 19.5 Å². The second-order valence-corrected chi connectivity index (χ2v) is 7.92. The van der Waals surface area contributed by atoms with Crippen molar-refractivity contribution in [1.29, 1.82) is 0 Å². The molecule has 140 valence electrons. The minimum absolute atomic E-state index is 0.0762. The Balaban J connectivity index is 1.89. The fraction of sp³-hybridized carbons (Fsp3) is 0.526. The third kappa shape index (κ3) is 3.24. The highest BCUT2D eigenvalue weighted by atomic mass is 79.9. The summed E-state index contributed by atoms with van der Waals surface area (Å²) in [6.07, 6.45) is 2.08. The summed E-state index contributed by atoms with van der Waals surface area (Å²) in [5.41, 5.74) is 2.88. The molecule has 2 aliphatic rings. The number of piperidine rings is 1. The molecule has 0 radical (unpaired) electrons. The van der Waals surface area contributed by atoms with Crippen LogP contribution in [0.15, 0.2) is 16.6 Å². The highest BCUT2D eigenvalue weighted by Crippen LogP contribution is 2.33. The molecule has 0 aromatic heterocycles. The van der Waals surface area contributed by atoms with Crippen molar-refractivity contribution < 1.29 is 14.4 Å². The molecule has 2 aliphatic heterocycles. The lowest BCUT2D eigenvalue weighted by Gasteiger charge is -2.37. The number of nitrogens with zero attached hydrogens (tertiary/aromatic N) is 3. The van der Waals surface area contributed by atoms with Crippen LogP contribution in [0.1, 0.15) is 37.3 Å². The molecule has 2 saturated heterocycles. The average molecular weight is 422 g/mol. The second kappa shape index (κ2) is 7.39. The topological polar surface area (TPSA) is 60.9 Å². The highest BCUT2D eigenvalue weighted by molar-refractivity contribution is 9.10. The van der Waals surface area contributed by atoms with E-state index >= 15 is 0 Å². The van der Waals surface area contributed by atoms with Crippen molar-refractivity contribution in [3.8, 4) is 0 Å². The molecule has 0 spiro atoms. The molecule has 0 aliphatic carbocycles. The van der Waals surface area contributed by atoms with Crippen LogP contribution in [0.25, 0.3) is 0 Å². The first-order valence-electron chi connectivity index (χ1n) is 9.04. The number of carbonyl (C=O) groups is 3. The number of halogens is 1. The van der Waals surface area contributed by atoms with E-state index in [-0.39, 0.29) is 24.4 Å². The number of amides is 4. The zero-order chi connectivity index (χ0) is 19.0. The Bertz CT molecular complexity index is 741. The van der Waals surface area contributed by atoms with Crippen LogP contribution in [0.4, 0.5) is 10.5 Å². The van der Waals surface area contributed by atoms with E-state index < -0.39 is 6.04 Å². The van der Waals surface area contributed by atoms with E-state index in [4.69, 9.17) is 0 Å². The number of hydrogen-bond acceptors (Lipinski definition) is 3. The number of carbonyl (C=O) groups excluding carboxylic acids is 3. The molecule has 1 aromatic carbocycles.